The summed E-state index contributed by atoms with van der Waals surface area (Å²) >= 11 is 0. The maximum absolute atomic E-state index is 13.8. The Morgan fingerprint density at radius 2 is 1.55 bits per heavy atom. The Kier molecular flexibility index (Phi) is 5.79. The molecule has 31 heavy (non-hydrogen) atoms. The molecule has 0 radical (unpaired) electrons. The standard InChI is InChI=1S/C23H21FN4O3/c24-20-9-5-4-8-18(20)22(29)26-16-14-19(23(30)31)21(25-15-16)28-12-10-27(11-13-28)17-6-2-1-3-7-17/h1-9,14-15H,10-13H2,(H,26,29)(H,30,31). The molecule has 1 amide bonds. The molecular formula is C23H21FN4O3. The van der Waals surface area contributed by atoms with Crippen LogP contribution in [0.3, 0.4) is 0 Å². The molecule has 2 N–H and O–H groups in total. The molecule has 0 aliphatic carbocycles. The van der Waals surface area contributed by atoms with Crippen LogP contribution in [0.15, 0.2) is 66.9 Å². The number of nitrogens with zero attached hydrogens (tertiary/aromatic N) is 3. The molecule has 0 spiro atoms. The van der Waals surface area contributed by atoms with E-state index >= 15 is 0 Å². The zero-order valence-electron chi connectivity index (χ0n) is 16.7. The van der Waals surface area contributed by atoms with Crippen LogP contribution in [0.4, 0.5) is 21.6 Å². The van der Waals surface area contributed by atoms with Crippen molar-refractivity contribution in [2.45, 2.75) is 0 Å². The van der Waals surface area contributed by atoms with Gasteiger partial charge < -0.3 is 20.2 Å². The van der Waals surface area contributed by atoms with Crippen molar-refractivity contribution in [2.75, 3.05) is 41.3 Å². The summed E-state index contributed by atoms with van der Waals surface area (Å²) in [6.07, 6.45) is 1.39. The number of carbonyl (C=O) groups excluding carboxylic acids is 1. The number of carboxylic acids is 1. The number of aromatic carboxylic acids is 1. The highest BCUT2D eigenvalue weighted by Crippen LogP contribution is 2.25. The minimum atomic E-state index is -1.14. The van der Waals surface area contributed by atoms with Gasteiger partial charge in [-0.3, -0.25) is 4.79 Å². The van der Waals surface area contributed by atoms with Crippen LogP contribution in [0, 0.1) is 5.82 Å². The molecule has 1 fully saturated rings. The molecule has 158 valence electrons. The van der Waals surface area contributed by atoms with Gasteiger partial charge in [-0.1, -0.05) is 30.3 Å². The number of hydrogen-bond acceptors (Lipinski definition) is 5. The molecule has 3 aromatic rings. The first-order valence-corrected chi connectivity index (χ1v) is 9.87. The molecule has 0 saturated carbocycles. The highest BCUT2D eigenvalue weighted by molar-refractivity contribution is 6.05. The summed E-state index contributed by atoms with van der Waals surface area (Å²) in [5.74, 6) is -2.11. The van der Waals surface area contributed by atoms with Gasteiger partial charge in [0.1, 0.15) is 17.2 Å². The Hall–Kier alpha value is -3.94. The third kappa shape index (κ3) is 4.48. The topological polar surface area (TPSA) is 85.8 Å². The smallest absolute Gasteiger partial charge is 0.339 e. The fraction of sp³-hybridized carbons (Fsp3) is 0.174. The van der Waals surface area contributed by atoms with Crippen LogP contribution in [0.5, 0.6) is 0 Å². The number of pyridine rings is 1. The van der Waals surface area contributed by atoms with Gasteiger partial charge in [-0.05, 0) is 30.3 Å². The SMILES string of the molecule is O=C(Nc1cnc(N2CCN(c3ccccc3)CC2)c(C(=O)O)c1)c1ccccc1F. The van der Waals surface area contributed by atoms with Crippen molar-refractivity contribution in [1.29, 1.82) is 0 Å². The molecule has 7 nitrogen and oxygen atoms in total. The van der Waals surface area contributed by atoms with Gasteiger partial charge in [0.2, 0.25) is 0 Å². The third-order valence-corrected chi connectivity index (χ3v) is 5.17. The zero-order valence-corrected chi connectivity index (χ0v) is 16.7. The van der Waals surface area contributed by atoms with E-state index in [1.807, 2.05) is 35.2 Å². The number of piperazine rings is 1. The minimum Gasteiger partial charge on any atom is -0.478 e. The fourth-order valence-corrected chi connectivity index (χ4v) is 3.59. The molecular weight excluding hydrogens is 399 g/mol. The fourth-order valence-electron chi connectivity index (χ4n) is 3.59. The van der Waals surface area contributed by atoms with E-state index in [-0.39, 0.29) is 16.8 Å². The number of carboxylic acid groups (broad SMARTS) is 1. The van der Waals surface area contributed by atoms with Crippen molar-refractivity contribution in [3.05, 3.63) is 83.8 Å². The summed E-state index contributed by atoms with van der Waals surface area (Å²) in [5.41, 5.74) is 1.18. The lowest BCUT2D eigenvalue weighted by atomic mass is 10.1. The number of nitrogens with one attached hydrogen (secondary N) is 1. The van der Waals surface area contributed by atoms with Crippen LogP contribution in [0.2, 0.25) is 0 Å². The normalized spacial score (nSPS) is 13.7. The number of amides is 1. The number of aromatic nitrogens is 1. The Labute approximate surface area is 178 Å². The van der Waals surface area contributed by atoms with Crippen molar-refractivity contribution < 1.29 is 19.1 Å². The maximum Gasteiger partial charge on any atom is 0.339 e. The number of anilines is 3. The second-order valence-electron chi connectivity index (χ2n) is 7.14. The Morgan fingerprint density at radius 3 is 2.23 bits per heavy atom. The lowest BCUT2D eigenvalue weighted by molar-refractivity contribution is 0.0696. The number of para-hydroxylation sites is 1. The van der Waals surface area contributed by atoms with Crippen LogP contribution in [-0.4, -0.2) is 48.1 Å². The molecule has 2 heterocycles. The summed E-state index contributed by atoms with van der Waals surface area (Å²) in [7, 11) is 0. The molecule has 4 rings (SSSR count). The summed E-state index contributed by atoms with van der Waals surface area (Å²) in [6.45, 7) is 2.69. The van der Waals surface area contributed by atoms with Crippen LogP contribution < -0.4 is 15.1 Å². The third-order valence-electron chi connectivity index (χ3n) is 5.17. The number of halogens is 1. The molecule has 1 aliphatic rings. The first-order chi connectivity index (χ1) is 15.0. The van der Waals surface area contributed by atoms with Gasteiger partial charge >= 0.3 is 5.97 Å². The van der Waals surface area contributed by atoms with E-state index in [0.717, 1.165) is 18.8 Å². The summed E-state index contributed by atoms with van der Waals surface area (Å²) < 4.78 is 13.8. The summed E-state index contributed by atoms with van der Waals surface area (Å²) in [4.78, 5) is 32.7. The lowest BCUT2D eigenvalue weighted by Gasteiger charge is -2.37. The van der Waals surface area contributed by atoms with Crippen molar-refractivity contribution >= 4 is 29.1 Å². The Bertz CT molecular complexity index is 1100. The van der Waals surface area contributed by atoms with Crippen LogP contribution >= 0.6 is 0 Å². The maximum atomic E-state index is 13.8. The first-order valence-electron chi connectivity index (χ1n) is 9.87. The van der Waals surface area contributed by atoms with Crippen LogP contribution in [0.25, 0.3) is 0 Å². The van der Waals surface area contributed by atoms with E-state index in [1.165, 1.54) is 30.5 Å². The van der Waals surface area contributed by atoms with E-state index in [1.54, 1.807) is 6.07 Å². The van der Waals surface area contributed by atoms with E-state index in [4.69, 9.17) is 0 Å². The number of rotatable bonds is 5. The van der Waals surface area contributed by atoms with Gasteiger partial charge in [-0.15, -0.1) is 0 Å². The Balaban J connectivity index is 1.50. The quantitative estimate of drug-likeness (QED) is 0.657. The second-order valence-corrected chi connectivity index (χ2v) is 7.14. The molecule has 8 heteroatoms. The van der Waals surface area contributed by atoms with Gasteiger partial charge in [-0.25, -0.2) is 14.2 Å². The largest absolute Gasteiger partial charge is 0.478 e. The molecule has 0 atom stereocenters. The van der Waals surface area contributed by atoms with Gasteiger partial charge in [0, 0.05) is 31.9 Å². The zero-order chi connectivity index (χ0) is 21.8. The second kappa shape index (κ2) is 8.83. The van der Waals surface area contributed by atoms with Gasteiger partial charge in [0.05, 0.1) is 17.4 Å². The average Bonchev–Trinajstić information content (AvgIpc) is 2.80. The average molecular weight is 420 g/mol. The molecule has 1 saturated heterocycles. The van der Waals surface area contributed by atoms with Gasteiger partial charge in [0.15, 0.2) is 0 Å². The van der Waals surface area contributed by atoms with Crippen molar-refractivity contribution in [3.8, 4) is 0 Å². The Morgan fingerprint density at radius 1 is 0.903 bits per heavy atom. The lowest BCUT2D eigenvalue weighted by Crippen LogP contribution is -2.47. The summed E-state index contributed by atoms with van der Waals surface area (Å²) in [5, 5.41) is 12.2. The molecule has 1 aliphatic heterocycles. The number of carbonyl (C=O) groups is 2. The minimum absolute atomic E-state index is 0.0144. The monoisotopic (exact) mass is 420 g/mol. The van der Waals surface area contributed by atoms with Crippen molar-refractivity contribution in [1.82, 2.24) is 4.98 Å². The van der Waals surface area contributed by atoms with Crippen molar-refractivity contribution in [3.63, 3.8) is 0 Å². The van der Waals surface area contributed by atoms with Gasteiger partial charge in [0.25, 0.3) is 5.91 Å². The predicted molar refractivity (Wildman–Crippen MR) is 116 cm³/mol. The highest BCUT2D eigenvalue weighted by Gasteiger charge is 2.24. The molecule has 2 aromatic carbocycles. The molecule has 0 bridgehead atoms. The summed E-state index contributed by atoms with van der Waals surface area (Å²) in [6, 6.07) is 17.0. The van der Waals surface area contributed by atoms with E-state index in [9.17, 15) is 19.1 Å². The number of benzene rings is 2. The highest BCUT2D eigenvalue weighted by atomic mass is 19.1. The molecule has 0 unspecified atom stereocenters. The van der Waals surface area contributed by atoms with E-state index < -0.39 is 17.7 Å². The van der Waals surface area contributed by atoms with Gasteiger partial charge in [-0.2, -0.15) is 0 Å². The van der Waals surface area contributed by atoms with E-state index in [0.29, 0.717) is 18.9 Å². The van der Waals surface area contributed by atoms with E-state index in [2.05, 4.69) is 15.2 Å². The van der Waals surface area contributed by atoms with Crippen molar-refractivity contribution in [2.24, 2.45) is 0 Å². The molecule has 1 aromatic heterocycles. The van der Waals surface area contributed by atoms with Crippen LogP contribution in [-0.2, 0) is 0 Å². The first kappa shape index (κ1) is 20.3. The predicted octanol–water partition coefficient (Wildman–Crippen LogP) is 3.50. The van der Waals surface area contributed by atoms with Crippen LogP contribution in [0.1, 0.15) is 20.7 Å². The number of hydrogen-bond donors (Lipinski definition) is 2.